The first-order valence-electron chi connectivity index (χ1n) is 10.6. The van der Waals surface area contributed by atoms with Crippen LogP contribution in [0, 0.1) is 0 Å². The second kappa shape index (κ2) is 9.57. The molecule has 1 aliphatic rings. The summed E-state index contributed by atoms with van der Waals surface area (Å²) in [7, 11) is -3.82. The molecule has 1 aliphatic heterocycles. The van der Waals surface area contributed by atoms with E-state index in [4.69, 9.17) is 0 Å². The summed E-state index contributed by atoms with van der Waals surface area (Å²) < 4.78 is 29.1. The first-order valence-corrected chi connectivity index (χ1v) is 12.8. The third-order valence-corrected chi connectivity index (χ3v) is 8.06. The van der Waals surface area contributed by atoms with Crippen LogP contribution in [-0.4, -0.2) is 37.8 Å². The number of sulfonamides is 1. The number of rotatable bonds is 7. The van der Waals surface area contributed by atoms with Gasteiger partial charge in [-0.15, -0.1) is 0 Å². The van der Waals surface area contributed by atoms with Crippen molar-refractivity contribution in [3.8, 4) is 0 Å². The van der Waals surface area contributed by atoms with Crippen LogP contribution in [0.2, 0.25) is 0 Å². The minimum Gasteiger partial charge on any atom is -0.308 e. The number of hydrogen-bond acceptors (Lipinski definition) is 3. The van der Waals surface area contributed by atoms with E-state index in [2.05, 4.69) is 15.9 Å². The number of benzene rings is 3. The van der Waals surface area contributed by atoms with Crippen LogP contribution in [0.4, 0.5) is 5.69 Å². The van der Waals surface area contributed by atoms with Crippen molar-refractivity contribution < 1.29 is 13.2 Å². The van der Waals surface area contributed by atoms with Crippen molar-refractivity contribution >= 4 is 37.5 Å². The van der Waals surface area contributed by atoms with Gasteiger partial charge in [-0.25, -0.2) is 8.42 Å². The Kier molecular flexibility index (Phi) is 6.79. The highest BCUT2D eigenvalue weighted by Crippen LogP contribution is 2.34. The molecule has 5 nitrogen and oxygen atoms in total. The third-order valence-electron chi connectivity index (χ3n) is 5.71. The monoisotopic (exact) mass is 512 g/mol. The third kappa shape index (κ3) is 4.80. The van der Waals surface area contributed by atoms with Gasteiger partial charge in [0.15, 0.2) is 0 Å². The first-order chi connectivity index (χ1) is 15.4. The zero-order chi connectivity index (χ0) is 22.7. The summed E-state index contributed by atoms with van der Waals surface area (Å²) >= 11 is 3.49. The molecule has 1 unspecified atom stereocenters. The van der Waals surface area contributed by atoms with Crippen molar-refractivity contribution in [2.45, 2.75) is 30.7 Å². The molecule has 0 bridgehead atoms. The van der Waals surface area contributed by atoms with Crippen LogP contribution >= 0.6 is 15.9 Å². The average Bonchev–Trinajstić information content (AvgIpc) is 3.12. The van der Waals surface area contributed by atoms with Crippen LogP contribution in [0.25, 0.3) is 0 Å². The van der Waals surface area contributed by atoms with Gasteiger partial charge in [0.05, 0.1) is 11.4 Å². The Morgan fingerprint density at radius 2 is 1.69 bits per heavy atom. The highest BCUT2D eigenvalue weighted by Gasteiger charge is 2.34. The van der Waals surface area contributed by atoms with Crippen LogP contribution < -0.4 is 4.90 Å². The van der Waals surface area contributed by atoms with E-state index in [1.54, 1.807) is 35.2 Å². The predicted octanol–water partition coefficient (Wildman–Crippen LogP) is 4.66. The summed E-state index contributed by atoms with van der Waals surface area (Å²) in [5.41, 5.74) is 2.96. The molecule has 3 aromatic rings. The van der Waals surface area contributed by atoms with Crippen molar-refractivity contribution in [2.75, 3.05) is 18.0 Å². The lowest BCUT2D eigenvalue weighted by Crippen LogP contribution is -2.45. The summed E-state index contributed by atoms with van der Waals surface area (Å²) in [6.45, 7) is 2.01. The molecule has 0 aliphatic carbocycles. The van der Waals surface area contributed by atoms with Crippen LogP contribution in [0.15, 0.2) is 88.2 Å². The van der Waals surface area contributed by atoms with E-state index in [0.29, 0.717) is 6.42 Å². The van der Waals surface area contributed by atoms with Crippen molar-refractivity contribution in [1.82, 2.24) is 4.31 Å². The Hall–Kier alpha value is -2.48. The molecule has 0 saturated heterocycles. The fourth-order valence-electron chi connectivity index (χ4n) is 4.13. The van der Waals surface area contributed by atoms with Crippen molar-refractivity contribution in [2.24, 2.45) is 0 Å². The van der Waals surface area contributed by atoms with E-state index in [0.717, 1.165) is 27.7 Å². The maximum Gasteiger partial charge on any atom is 0.243 e. The average molecular weight is 513 g/mol. The summed E-state index contributed by atoms with van der Waals surface area (Å²) in [6, 6.07) is 23.8. The number of hydrogen-bond donors (Lipinski definition) is 0. The molecule has 0 saturated carbocycles. The molecule has 0 radical (unpaired) electrons. The predicted molar refractivity (Wildman–Crippen MR) is 130 cm³/mol. The molecule has 0 N–H and O–H groups in total. The van der Waals surface area contributed by atoms with Gasteiger partial charge >= 0.3 is 0 Å². The Morgan fingerprint density at radius 1 is 1.03 bits per heavy atom. The van der Waals surface area contributed by atoms with Gasteiger partial charge in [0, 0.05) is 22.7 Å². The van der Waals surface area contributed by atoms with Gasteiger partial charge in [-0.2, -0.15) is 4.31 Å². The molecule has 166 valence electrons. The van der Waals surface area contributed by atoms with E-state index in [1.165, 1.54) is 4.31 Å². The van der Waals surface area contributed by atoms with E-state index < -0.39 is 10.0 Å². The van der Waals surface area contributed by atoms with E-state index in [9.17, 15) is 13.2 Å². The van der Waals surface area contributed by atoms with Gasteiger partial charge in [-0.1, -0.05) is 64.5 Å². The quantitative estimate of drug-likeness (QED) is 0.462. The molecular weight excluding hydrogens is 488 g/mol. The Bertz CT molecular complexity index is 1200. The number of anilines is 1. The zero-order valence-corrected chi connectivity index (χ0v) is 20.2. The Labute approximate surface area is 197 Å². The second-order valence-electron chi connectivity index (χ2n) is 7.98. The molecule has 0 aromatic heterocycles. The maximum atomic E-state index is 13.4. The lowest BCUT2D eigenvalue weighted by Gasteiger charge is -2.27. The van der Waals surface area contributed by atoms with Gasteiger partial charge in [0.2, 0.25) is 15.9 Å². The molecule has 1 heterocycles. The molecule has 0 spiro atoms. The fraction of sp³-hybridized carbons (Fsp3) is 0.240. The van der Waals surface area contributed by atoms with Crippen molar-refractivity contribution in [1.29, 1.82) is 0 Å². The summed E-state index contributed by atoms with van der Waals surface area (Å²) in [6.07, 6.45) is 1.27. The molecular formula is C25H25BrN2O3S. The van der Waals surface area contributed by atoms with Gasteiger partial charge < -0.3 is 4.90 Å². The topological polar surface area (TPSA) is 57.7 Å². The lowest BCUT2D eigenvalue weighted by atomic mass is 10.1. The van der Waals surface area contributed by atoms with Gasteiger partial charge in [0.1, 0.15) is 0 Å². The highest BCUT2D eigenvalue weighted by atomic mass is 79.9. The first kappa shape index (κ1) is 22.7. The Morgan fingerprint density at radius 3 is 2.38 bits per heavy atom. The van der Waals surface area contributed by atoms with E-state index >= 15 is 0 Å². The van der Waals surface area contributed by atoms with E-state index in [1.807, 2.05) is 55.5 Å². The number of fused-ring (bicyclic) bond motifs is 1. The molecule has 7 heteroatoms. The molecule has 32 heavy (non-hydrogen) atoms. The number of nitrogens with zero attached hydrogens (tertiary/aromatic N) is 2. The number of carbonyl (C=O) groups excluding carboxylic acids is 1. The largest absolute Gasteiger partial charge is 0.308 e. The molecule has 3 aromatic carbocycles. The van der Waals surface area contributed by atoms with Crippen LogP contribution in [0.5, 0.6) is 0 Å². The fourth-order valence-corrected chi connectivity index (χ4v) is 5.95. The number of amides is 1. The van der Waals surface area contributed by atoms with Crippen LogP contribution in [0.1, 0.15) is 18.1 Å². The number of carbonyl (C=O) groups is 1. The SMILES string of the molecule is CC1Cc2cc(Br)ccc2N1C(=O)CN(CCc1ccccc1)S(=O)(=O)c1ccccc1. The summed E-state index contributed by atoms with van der Waals surface area (Å²) in [4.78, 5) is 15.3. The Balaban J connectivity index is 1.61. The van der Waals surface area contributed by atoms with Crippen LogP contribution in [-0.2, 0) is 27.7 Å². The van der Waals surface area contributed by atoms with Gasteiger partial charge in [-0.05, 0) is 61.2 Å². The van der Waals surface area contributed by atoms with Crippen molar-refractivity contribution in [3.05, 3.63) is 94.5 Å². The molecule has 1 amide bonds. The zero-order valence-electron chi connectivity index (χ0n) is 17.8. The smallest absolute Gasteiger partial charge is 0.243 e. The van der Waals surface area contributed by atoms with E-state index in [-0.39, 0.29) is 29.9 Å². The normalized spacial score (nSPS) is 15.7. The maximum absolute atomic E-state index is 13.4. The van der Waals surface area contributed by atoms with Crippen molar-refractivity contribution in [3.63, 3.8) is 0 Å². The van der Waals surface area contributed by atoms with Gasteiger partial charge in [0.25, 0.3) is 0 Å². The summed E-state index contributed by atoms with van der Waals surface area (Å²) in [5.74, 6) is -0.217. The van der Waals surface area contributed by atoms with Gasteiger partial charge in [-0.3, -0.25) is 4.79 Å². The minimum absolute atomic E-state index is 0.0257. The molecule has 4 rings (SSSR count). The standard InChI is InChI=1S/C25H25BrN2O3S/c1-19-16-21-17-22(26)12-13-24(21)28(19)25(29)18-27(15-14-20-8-4-2-5-9-20)32(30,31)23-10-6-3-7-11-23/h2-13,17,19H,14-16,18H2,1H3. The molecule has 0 fully saturated rings. The highest BCUT2D eigenvalue weighted by molar-refractivity contribution is 9.10. The molecule has 1 atom stereocenters. The minimum atomic E-state index is -3.82. The lowest BCUT2D eigenvalue weighted by molar-refractivity contribution is -0.119. The van der Waals surface area contributed by atoms with Crippen LogP contribution in [0.3, 0.4) is 0 Å². The number of halogens is 1. The summed E-state index contributed by atoms with van der Waals surface area (Å²) in [5, 5.41) is 0. The second-order valence-corrected chi connectivity index (χ2v) is 10.8.